The Morgan fingerprint density at radius 2 is 2.21 bits per heavy atom. The average Bonchev–Trinajstić information content (AvgIpc) is 3.22. The highest BCUT2D eigenvalue weighted by Gasteiger charge is 2.17. The lowest BCUT2D eigenvalue weighted by Crippen LogP contribution is -2.43. The molecule has 1 aromatic carbocycles. The fourth-order valence-corrected chi connectivity index (χ4v) is 3.28. The van der Waals surface area contributed by atoms with E-state index < -0.39 is 6.04 Å². The van der Waals surface area contributed by atoms with Crippen LogP contribution in [0.25, 0.3) is 10.9 Å². The first-order valence-electron chi connectivity index (χ1n) is 7.63. The van der Waals surface area contributed by atoms with Crippen molar-refractivity contribution >= 4 is 40.6 Å². The van der Waals surface area contributed by atoms with Crippen molar-refractivity contribution in [3.05, 3.63) is 52.6 Å². The molecule has 0 spiro atoms. The Kier molecular flexibility index (Phi) is 6.36. The maximum atomic E-state index is 12.2. The van der Waals surface area contributed by atoms with Crippen LogP contribution in [0.4, 0.5) is 0 Å². The molecule has 7 heteroatoms. The number of hydrogen-bond acceptors (Lipinski definition) is 4. The van der Waals surface area contributed by atoms with Gasteiger partial charge in [0.05, 0.1) is 11.0 Å². The molecule has 2 aromatic heterocycles. The van der Waals surface area contributed by atoms with Crippen molar-refractivity contribution in [1.82, 2.24) is 15.3 Å². The van der Waals surface area contributed by atoms with E-state index in [0.29, 0.717) is 13.0 Å². The molecular weight excluding hydrogens is 344 g/mol. The molecule has 1 amide bonds. The van der Waals surface area contributed by atoms with Gasteiger partial charge in [-0.25, -0.2) is 4.98 Å². The lowest BCUT2D eigenvalue weighted by atomic mass is 10.0. The molecule has 128 valence electrons. The van der Waals surface area contributed by atoms with E-state index >= 15 is 0 Å². The van der Waals surface area contributed by atoms with Crippen molar-refractivity contribution < 1.29 is 4.79 Å². The number of nitrogens with zero attached hydrogens (tertiary/aromatic N) is 1. The summed E-state index contributed by atoms with van der Waals surface area (Å²) in [6.45, 7) is 2.60. The minimum absolute atomic E-state index is 0. The number of para-hydroxylation sites is 1. The van der Waals surface area contributed by atoms with E-state index in [1.165, 1.54) is 0 Å². The molecule has 0 saturated carbocycles. The molecular formula is C17H21ClN4OS. The normalized spacial score (nSPS) is 13.2. The summed E-state index contributed by atoms with van der Waals surface area (Å²) in [7, 11) is 0. The highest BCUT2D eigenvalue weighted by Crippen LogP contribution is 2.19. The van der Waals surface area contributed by atoms with E-state index in [4.69, 9.17) is 5.73 Å². The van der Waals surface area contributed by atoms with Crippen molar-refractivity contribution in [1.29, 1.82) is 0 Å². The van der Waals surface area contributed by atoms with Gasteiger partial charge in [0.25, 0.3) is 0 Å². The number of amides is 1. The number of halogens is 1. The second kappa shape index (κ2) is 8.28. The summed E-state index contributed by atoms with van der Waals surface area (Å²) in [5.41, 5.74) is 8.19. The molecule has 0 aliphatic carbocycles. The van der Waals surface area contributed by atoms with Gasteiger partial charge < -0.3 is 16.0 Å². The van der Waals surface area contributed by atoms with E-state index in [1.54, 1.807) is 17.5 Å². The van der Waals surface area contributed by atoms with Gasteiger partial charge >= 0.3 is 0 Å². The fourth-order valence-electron chi connectivity index (χ4n) is 2.58. The summed E-state index contributed by atoms with van der Waals surface area (Å²) < 4.78 is 0. The Bertz CT molecular complexity index is 787. The summed E-state index contributed by atoms with van der Waals surface area (Å²) in [6, 6.07) is 7.46. The number of hydrogen-bond donors (Lipinski definition) is 3. The van der Waals surface area contributed by atoms with Crippen LogP contribution in [0.15, 0.2) is 42.0 Å². The highest BCUT2D eigenvalue weighted by molar-refractivity contribution is 7.09. The van der Waals surface area contributed by atoms with Crippen LogP contribution in [-0.4, -0.2) is 28.5 Å². The zero-order valence-electron chi connectivity index (χ0n) is 13.4. The molecule has 3 rings (SSSR count). The maximum Gasteiger partial charge on any atom is 0.237 e. The maximum absolute atomic E-state index is 12.2. The third-order valence-electron chi connectivity index (χ3n) is 3.91. The smallest absolute Gasteiger partial charge is 0.237 e. The summed E-state index contributed by atoms with van der Waals surface area (Å²) in [4.78, 5) is 19.7. The second-order valence-corrected chi connectivity index (χ2v) is 6.61. The van der Waals surface area contributed by atoms with E-state index in [-0.39, 0.29) is 24.2 Å². The van der Waals surface area contributed by atoms with Crippen LogP contribution in [0.5, 0.6) is 0 Å². The van der Waals surface area contributed by atoms with E-state index in [0.717, 1.165) is 21.5 Å². The van der Waals surface area contributed by atoms with Gasteiger partial charge in [-0.1, -0.05) is 25.1 Å². The number of benzene rings is 1. The number of rotatable bonds is 6. The van der Waals surface area contributed by atoms with Gasteiger partial charge in [0.2, 0.25) is 5.91 Å². The third-order valence-corrected chi connectivity index (χ3v) is 4.91. The Morgan fingerprint density at radius 1 is 1.42 bits per heavy atom. The van der Waals surface area contributed by atoms with Gasteiger partial charge in [-0.2, -0.15) is 0 Å². The van der Waals surface area contributed by atoms with Crippen LogP contribution in [0, 0.1) is 0 Å². The lowest BCUT2D eigenvalue weighted by molar-refractivity contribution is -0.122. The monoisotopic (exact) mass is 364 g/mol. The number of nitrogens with two attached hydrogens (primary N) is 1. The molecule has 0 fully saturated rings. The number of aromatic amines is 1. The molecule has 4 N–H and O–H groups in total. The van der Waals surface area contributed by atoms with Crippen molar-refractivity contribution in [2.75, 3.05) is 6.54 Å². The minimum Gasteiger partial charge on any atom is -0.361 e. The standard InChI is InChI=1S/C17H20N4OS.ClH/c1-11(17-19-6-7-23-17)9-21-16(22)14(18)8-12-10-20-15-5-3-2-4-13(12)15;/h2-7,10-11,14,20H,8-9,18H2,1H3,(H,21,22);1H/t11?,14-;/m0./s1. The highest BCUT2D eigenvalue weighted by atomic mass is 35.5. The van der Waals surface area contributed by atoms with Crippen LogP contribution in [-0.2, 0) is 11.2 Å². The second-order valence-electron chi connectivity index (χ2n) is 5.69. The molecule has 2 atom stereocenters. The largest absolute Gasteiger partial charge is 0.361 e. The van der Waals surface area contributed by atoms with Crippen molar-refractivity contribution in [2.45, 2.75) is 25.3 Å². The Morgan fingerprint density at radius 3 is 2.96 bits per heavy atom. The van der Waals surface area contributed by atoms with Gasteiger partial charge in [0, 0.05) is 41.1 Å². The van der Waals surface area contributed by atoms with Crippen molar-refractivity contribution in [2.24, 2.45) is 5.73 Å². The van der Waals surface area contributed by atoms with Crippen LogP contribution >= 0.6 is 23.7 Å². The third kappa shape index (κ3) is 4.14. The summed E-state index contributed by atoms with van der Waals surface area (Å²) in [5.74, 6) is 0.0675. The zero-order chi connectivity index (χ0) is 16.2. The predicted octanol–water partition coefficient (Wildman–Crippen LogP) is 2.84. The van der Waals surface area contributed by atoms with Gasteiger partial charge in [-0.15, -0.1) is 23.7 Å². The fraction of sp³-hybridized carbons (Fsp3) is 0.294. The number of H-pyrrole nitrogens is 1. The summed E-state index contributed by atoms with van der Waals surface area (Å²) in [6.07, 6.45) is 4.22. The Labute approximate surface area is 151 Å². The van der Waals surface area contributed by atoms with Crippen molar-refractivity contribution in [3.63, 3.8) is 0 Å². The number of carbonyl (C=O) groups excluding carboxylic acids is 1. The molecule has 2 heterocycles. The van der Waals surface area contributed by atoms with E-state index in [2.05, 4.69) is 15.3 Å². The quantitative estimate of drug-likeness (QED) is 0.628. The zero-order valence-corrected chi connectivity index (χ0v) is 15.0. The molecule has 24 heavy (non-hydrogen) atoms. The van der Waals surface area contributed by atoms with Crippen LogP contribution in [0.2, 0.25) is 0 Å². The molecule has 0 aliphatic rings. The predicted molar refractivity (Wildman–Crippen MR) is 101 cm³/mol. The molecule has 3 aromatic rings. The van der Waals surface area contributed by atoms with Crippen LogP contribution in [0.1, 0.15) is 23.4 Å². The van der Waals surface area contributed by atoms with Gasteiger partial charge in [0.15, 0.2) is 0 Å². The molecule has 0 bridgehead atoms. The molecule has 0 saturated heterocycles. The minimum atomic E-state index is -0.558. The SMILES string of the molecule is CC(CNC(=O)[C@@H](N)Cc1c[nH]c2ccccc12)c1nccs1.Cl. The van der Waals surface area contributed by atoms with Gasteiger partial charge in [-0.05, 0) is 18.1 Å². The number of aromatic nitrogens is 2. The number of carbonyl (C=O) groups is 1. The molecule has 5 nitrogen and oxygen atoms in total. The van der Waals surface area contributed by atoms with E-state index in [9.17, 15) is 4.79 Å². The molecule has 0 radical (unpaired) electrons. The van der Waals surface area contributed by atoms with Crippen molar-refractivity contribution in [3.8, 4) is 0 Å². The summed E-state index contributed by atoms with van der Waals surface area (Å²) in [5, 5.41) is 7.01. The number of fused-ring (bicyclic) bond motifs is 1. The first-order valence-corrected chi connectivity index (χ1v) is 8.51. The first-order chi connectivity index (χ1) is 11.1. The Balaban J connectivity index is 0.00000208. The topological polar surface area (TPSA) is 83.8 Å². The number of nitrogens with one attached hydrogen (secondary N) is 2. The van der Waals surface area contributed by atoms with Crippen LogP contribution in [0.3, 0.4) is 0 Å². The first kappa shape index (κ1) is 18.4. The number of thiazole rings is 1. The van der Waals surface area contributed by atoms with Gasteiger partial charge in [-0.3, -0.25) is 4.79 Å². The van der Waals surface area contributed by atoms with Crippen LogP contribution < -0.4 is 11.1 Å². The summed E-state index contributed by atoms with van der Waals surface area (Å²) >= 11 is 1.60. The average molecular weight is 365 g/mol. The Hall–Kier alpha value is -1.89. The molecule has 0 aliphatic heterocycles. The lowest BCUT2D eigenvalue weighted by Gasteiger charge is -2.14. The van der Waals surface area contributed by atoms with Gasteiger partial charge in [0.1, 0.15) is 0 Å². The van der Waals surface area contributed by atoms with E-state index in [1.807, 2.05) is 42.8 Å². The molecule has 1 unspecified atom stereocenters.